The van der Waals surface area contributed by atoms with Crippen LogP contribution < -0.4 is 0 Å². The van der Waals surface area contributed by atoms with E-state index in [2.05, 4.69) is 17.6 Å². The van der Waals surface area contributed by atoms with Crippen molar-refractivity contribution in [1.82, 2.24) is 19.1 Å². The average Bonchev–Trinajstić information content (AvgIpc) is 3.52. The number of aryl methyl sites for hydroxylation is 3. The molecule has 0 bridgehead atoms. The summed E-state index contributed by atoms with van der Waals surface area (Å²) in [6.45, 7) is 4.14. The monoisotopic (exact) mass is 518 g/mol. The van der Waals surface area contributed by atoms with Crippen LogP contribution >= 0.6 is 0 Å². The van der Waals surface area contributed by atoms with Crippen molar-refractivity contribution >= 4 is 28.0 Å². The molecule has 0 saturated carbocycles. The third-order valence-electron chi connectivity index (χ3n) is 7.06. The summed E-state index contributed by atoms with van der Waals surface area (Å²) in [6, 6.07) is 17.2. The fraction of sp³-hybridized carbons (Fsp3) is 0.182. The zero-order chi connectivity index (χ0) is 30.6. The maximum atomic E-state index is 11.9. The summed E-state index contributed by atoms with van der Waals surface area (Å²) in [7, 11) is 1.98. The van der Waals surface area contributed by atoms with Gasteiger partial charge in [-0.2, -0.15) is 0 Å². The highest BCUT2D eigenvalue weighted by atomic mass is 16.4. The van der Waals surface area contributed by atoms with Crippen LogP contribution in [0.25, 0.3) is 44.6 Å². The summed E-state index contributed by atoms with van der Waals surface area (Å²) >= 11 is 0. The lowest BCUT2D eigenvalue weighted by Gasteiger charge is -2.12. The molecule has 0 aliphatic rings. The molecule has 0 aliphatic heterocycles. The number of hydrogen-bond donors (Lipinski definition) is 1. The highest BCUT2D eigenvalue weighted by Crippen LogP contribution is 2.31. The van der Waals surface area contributed by atoms with Crippen LogP contribution in [0.3, 0.4) is 0 Å². The van der Waals surface area contributed by atoms with Crippen LogP contribution in [0.2, 0.25) is 0 Å². The number of imidazole rings is 2. The zero-order valence-electron chi connectivity index (χ0n) is 26.0. The largest absolute Gasteiger partial charge is 0.478 e. The number of carbonyl (C=O) groups is 1. The van der Waals surface area contributed by atoms with Gasteiger partial charge in [-0.1, -0.05) is 61.4 Å². The van der Waals surface area contributed by atoms with Crippen molar-refractivity contribution in [3.05, 3.63) is 107 Å². The number of benzene rings is 4. The fourth-order valence-electron chi connectivity index (χ4n) is 5.16. The third kappa shape index (κ3) is 4.38. The lowest BCUT2D eigenvalue weighted by Crippen LogP contribution is -2.05. The van der Waals surface area contributed by atoms with Crippen molar-refractivity contribution in [1.29, 1.82) is 0 Å². The first-order valence-electron chi connectivity index (χ1n) is 15.0. The van der Waals surface area contributed by atoms with Crippen LogP contribution in [0.4, 0.5) is 0 Å². The Morgan fingerprint density at radius 2 is 1.69 bits per heavy atom. The van der Waals surface area contributed by atoms with Gasteiger partial charge in [0.25, 0.3) is 0 Å². The first-order valence-corrected chi connectivity index (χ1v) is 13.0. The average molecular weight is 519 g/mol. The van der Waals surface area contributed by atoms with E-state index in [0.717, 1.165) is 51.3 Å². The van der Waals surface area contributed by atoms with Gasteiger partial charge in [0.05, 0.1) is 33.1 Å². The van der Waals surface area contributed by atoms with E-state index in [4.69, 9.17) is 15.5 Å². The van der Waals surface area contributed by atoms with Gasteiger partial charge < -0.3 is 14.2 Å². The van der Waals surface area contributed by atoms with Gasteiger partial charge in [0, 0.05) is 25.6 Å². The molecule has 0 fully saturated rings. The molecule has 0 spiro atoms. The van der Waals surface area contributed by atoms with Crippen molar-refractivity contribution < 1.29 is 15.4 Å². The Balaban J connectivity index is 1.54. The van der Waals surface area contributed by atoms with E-state index in [1.807, 2.05) is 48.9 Å². The summed E-state index contributed by atoms with van der Waals surface area (Å²) < 4.78 is 39.5. The summed E-state index contributed by atoms with van der Waals surface area (Å²) in [5.74, 6) is 0.402. The second-order valence-electron chi connectivity index (χ2n) is 9.71. The van der Waals surface area contributed by atoms with Gasteiger partial charge in [-0.05, 0) is 65.9 Å². The molecule has 4 aromatic carbocycles. The molecule has 1 N–H and O–H groups in total. The molecule has 0 aliphatic carbocycles. The maximum Gasteiger partial charge on any atom is 0.336 e. The minimum atomic E-state index is -1.20. The number of aromatic nitrogens is 4. The van der Waals surface area contributed by atoms with E-state index < -0.39 is 5.97 Å². The number of fused-ring (bicyclic) bond motifs is 2. The predicted molar refractivity (Wildman–Crippen MR) is 156 cm³/mol. The molecule has 0 atom stereocenters. The van der Waals surface area contributed by atoms with E-state index in [0.29, 0.717) is 6.42 Å². The lowest BCUT2D eigenvalue weighted by atomic mass is 9.98. The van der Waals surface area contributed by atoms with Gasteiger partial charge in [-0.25, -0.2) is 14.8 Å². The number of nitrogens with zero attached hydrogens (tertiary/aromatic N) is 4. The third-order valence-corrected chi connectivity index (χ3v) is 7.06. The van der Waals surface area contributed by atoms with Crippen LogP contribution in [0, 0.1) is 6.92 Å². The van der Waals surface area contributed by atoms with E-state index in [-0.39, 0.29) is 53.0 Å². The Morgan fingerprint density at radius 3 is 2.44 bits per heavy atom. The normalized spacial score (nSPS) is 12.9. The molecular formula is C33H30N4O2. The van der Waals surface area contributed by atoms with E-state index >= 15 is 0 Å². The first kappa shape index (κ1) is 20.3. The summed E-state index contributed by atoms with van der Waals surface area (Å²) in [4.78, 5) is 21.7. The molecule has 0 radical (unpaired) electrons. The van der Waals surface area contributed by atoms with Crippen LogP contribution in [0.15, 0.2) is 84.8 Å². The van der Waals surface area contributed by atoms with Crippen molar-refractivity contribution in [2.75, 3.05) is 0 Å². The van der Waals surface area contributed by atoms with E-state index in [1.54, 1.807) is 12.1 Å². The highest BCUT2D eigenvalue weighted by molar-refractivity contribution is 5.96. The van der Waals surface area contributed by atoms with E-state index in [1.165, 1.54) is 12.1 Å². The number of para-hydroxylation sites is 2. The molecular weight excluding hydrogens is 484 g/mol. The van der Waals surface area contributed by atoms with Crippen molar-refractivity contribution in [2.45, 2.75) is 33.2 Å². The van der Waals surface area contributed by atoms with Gasteiger partial charge in [0.15, 0.2) is 0 Å². The molecule has 194 valence electrons. The molecule has 0 unspecified atom stereocenters. The zero-order valence-corrected chi connectivity index (χ0v) is 22.0. The molecule has 6 rings (SSSR count). The SMILES string of the molecule is [2H]c1c([2H])c(-c2ccccc2C(=O)O)c([2H])c([2H])c1Cn1c(CCC)nc2c(C)cc(-c3nc4ccccc4n3C)cc21. The Labute approximate surface area is 232 Å². The van der Waals surface area contributed by atoms with Crippen LogP contribution in [0.1, 0.15) is 46.1 Å². The van der Waals surface area contributed by atoms with Gasteiger partial charge in [-0.15, -0.1) is 0 Å². The molecule has 39 heavy (non-hydrogen) atoms. The highest BCUT2D eigenvalue weighted by Gasteiger charge is 2.17. The van der Waals surface area contributed by atoms with E-state index in [9.17, 15) is 9.90 Å². The first-order chi connectivity index (χ1) is 20.6. The Hall–Kier alpha value is -4.71. The molecule has 2 aromatic heterocycles. The number of rotatable bonds is 7. The molecule has 0 saturated heterocycles. The topological polar surface area (TPSA) is 72.9 Å². The molecule has 6 heteroatoms. The quantitative estimate of drug-likeness (QED) is 0.241. The number of aromatic carboxylic acids is 1. The second-order valence-corrected chi connectivity index (χ2v) is 9.71. The summed E-state index contributed by atoms with van der Waals surface area (Å²) in [6.07, 6.45) is 1.50. The Morgan fingerprint density at radius 1 is 0.949 bits per heavy atom. The second kappa shape index (κ2) is 9.87. The molecule has 6 nitrogen and oxygen atoms in total. The van der Waals surface area contributed by atoms with Gasteiger partial charge in [-0.3, -0.25) is 0 Å². The van der Waals surface area contributed by atoms with Crippen LogP contribution in [0.5, 0.6) is 0 Å². The summed E-state index contributed by atoms with van der Waals surface area (Å²) in [5, 5.41) is 9.71. The number of hydrogen-bond acceptors (Lipinski definition) is 3. The van der Waals surface area contributed by atoms with Gasteiger partial charge in [0.1, 0.15) is 11.6 Å². The molecule has 6 aromatic rings. The maximum absolute atomic E-state index is 11.9. The Kier molecular flexibility index (Phi) is 5.13. The standard InChI is InChI=1S/C33H30N4O2/c1-4-9-30-35-31-21(2)18-24(32-34-27-12-7-8-13-28(27)36(32)3)19-29(31)37(30)20-22-14-16-23(17-15-22)25-10-5-6-11-26(25)33(38)39/h5-8,10-19H,4,9,20H2,1-3H3,(H,38,39)/i14D,15D,16D,17D. The van der Waals surface area contributed by atoms with Crippen LogP contribution in [-0.2, 0) is 20.0 Å². The van der Waals surface area contributed by atoms with Crippen molar-refractivity contribution in [3.8, 4) is 22.5 Å². The molecule has 0 amide bonds. The number of carboxylic acid groups (broad SMARTS) is 1. The van der Waals surface area contributed by atoms with Crippen molar-refractivity contribution in [2.24, 2.45) is 7.05 Å². The van der Waals surface area contributed by atoms with Crippen molar-refractivity contribution in [3.63, 3.8) is 0 Å². The lowest BCUT2D eigenvalue weighted by molar-refractivity contribution is 0.0697. The predicted octanol–water partition coefficient (Wildman–Crippen LogP) is 7.26. The van der Waals surface area contributed by atoms with Crippen LogP contribution in [-0.4, -0.2) is 30.2 Å². The molecule has 2 heterocycles. The Bertz CT molecular complexity index is 2050. The fourth-order valence-corrected chi connectivity index (χ4v) is 5.16. The number of carboxylic acids is 1. The summed E-state index contributed by atoms with van der Waals surface area (Å²) in [5.41, 5.74) is 5.69. The van der Waals surface area contributed by atoms with Gasteiger partial charge >= 0.3 is 5.97 Å². The minimum absolute atomic E-state index is 0.0269. The van der Waals surface area contributed by atoms with Gasteiger partial charge in [0.2, 0.25) is 0 Å². The minimum Gasteiger partial charge on any atom is -0.478 e. The smallest absolute Gasteiger partial charge is 0.336 e.